The molecule has 0 saturated heterocycles. The highest BCUT2D eigenvalue weighted by atomic mass is 19.1. The van der Waals surface area contributed by atoms with Crippen molar-refractivity contribution in [3.05, 3.63) is 65.5 Å². The second-order valence-electron chi connectivity index (χ2n) is 7.30. The molecule has 2 N–H and O–H groups in total. The van der Waals surface area contributed by atoms with Crippen molar-refractivity contribution in [1.82, 2.24) is 15.2 Å². The number of halogens is 2. The van der Waals surface area contributed by atoms with E-state index in [0.29, 0.717) is 5.56 Å². The Morgan fingerprint density at radius 3 is 2.38 bits per heavy atom. The van der Waals surface area contributed by atoms with Gasteiger partial charge < -0.3 is 15.2 Å². The zero-order chi connectivity index (χ0) is 23.5. The lowest BCUT2D eigenvalue weighted by Gasteiger charge is -2.22. The summed E-state index contributed by atoms with van der Waals surface area (Å²) in [6.07, 6.45) is 1.45. The minimum atomic E-state index is -1.39. The van der Waals surface area contributed by atoms with Gasteiger partial charge in [0.05, 0.1) is 23.3 Å². The van der Waals surface area contributed by atoms with E-state index in [1.54, 1.807) is 26.8 Å². The van der Waals surface area contributed by atoms with Gasteiger partial charge in [-0.15, -0.1) is 10.2 Å². The summed E-state index contributed by atoms with van der Waals surface area (Å²) in [6, 6.07) is 7.67. The molecule has 0 aliphatic rings. The Labute approximate surface area is 182 Å². The Morgan fingerprint density at radius 1 is 1.12 bits per heavy atom. The molecule has 8 nitrogen and oxygen atoms in total. The van der Waals surface area contributed by atoms with Crippen LogP contribution in [0.2, 0.25) is 0 Å². The van der Waals surface area contributed by atoms with E-state index in [1.165, 1.54) is 24.4 Å². The molecule has 10 heteroatoms. The van der Waals surface area contributed by atoms with Crippen molar-refractivity contribution in [3.8, 4) is 11.3 Å². The molecule has 0 spiro atoms. The number of carbonyl (C=O) groups excluding carboxylic acids is 1. The lowest BCUT2D eigenvalue weighted by atomic mass is 9.86. The van der Waals surface area contributed by atoms with Crippen molar-refractivity contribution in [2.75, 3.05) is 11.9 Å². The maximum atomic E-state index is 14.1. The van der Waals surface area contributed by atoms with Crippen molar-refractivity contribution in [3.63, 3.8) is 0 Å². The molecule has 0 aliphatic carbocycles. The highest BCUT2D eigenvalue weighted by Crippen LogP contribution is 2.29. The third-order valence-electron chi connectivity index (χ3n) is 4.75. The van der Waals surface area contributed by atoms with Crippen molar-refractivity contribution in [2.45, 2.75) is 26.2 Å². The van der Waals surface area contributed by atoms with Crippen LogP contribution in [0.3, 0.4) is 0 Å². The third-order valence-corrected chi connectivity index (χ3v) is 4.75. The van der Waals surface area contributed by atoms with Crippen LogP contribution in [-0.4, -0.2) is 38.8 Å². The summed E-state index contributed by atoms with van der Waals surface area (Å²) in [5.41, 5.74) is -1.49. The molecule has 32 heavy (non-hydrogen) atoms. The number of hydrogen-bond acceptors (Lipinski definition) is 7. The van der Waals surface area contributed by atoms with Crippen LogP contribution in [0.5, 0.6) is 0 Å². The van der Waals surface area contributed by atoms with Gasteiger partial charge in [-0.25, -0.2) is 18.6 Å². The average Bonchev–Trinajstić information content (AvgIpc) is 2.74. The number of anilines is 2. The Bertz CT molecular complexity index is 1150. The van der Waals surface area contributed by atoms with Crippen molar-refractivity contribution >= 4 is 23.4 Å². The fourth-order valence-corrected chi connectivity index (χ4v) is 2.91. The van der Waals surface area contributed by atoms with Crippen molar-refractivity contribution in [1.29, 1.82) is 0 Å². The summed E-state index contributed by atoms with van der Waals surface area (Å²) in [7, 11) is 0. The molecular formula is C22H20F2N4O4. The maximum absolute atomic E-state index is 14.1. The fraction of sp³-hybridized carbons (Fsp3) is 0.227. The second kappa shape index (κ2) is 9.04. The molecule has 0 radical (unpaired) electrons. The zero-order valence-corrected chi connectivity index (χ0v) is 17.5. The summed E-state index contributed by atoms with van der Waals surface area (Å²) in [6.45, 7) is 5.34. The first-order chi connectivity index (χ1) is 15.1. The number of carboxylic acids is 1. The van der Waals surface area contributed by atoms with Crippen LogP contribution in [0.15, 0.2) is 42.6 Å². The average molecular weight is 442 g/mol. The predicted octanol–water partition coefficient (Wildman–Crippen LogP) is 4.10. The van der Waals surface area contributed by atoms with E-state index < -0.39 is 40.2 Å². The first-order valence-corrected chi connectivity index (χ1v) is 9.61. The van der Waals surface area contributed by atoms with E-state index in [4.69, 9.17) is 4.74 Å². The number of benzene rings is 1. The number of carboxylic acid groups (broad SMARTS) is 1. The Kier molecular flexibility index (Phi) is 6.42. The van der Waals surface area contributed by atoms with E-state index in [-0.39, 0.29) is 23.8 Å². The first kappa shape index (κ1) is 22.7. The van der Waals surface area contributed by atoms with Gasteiger partial charge in [-0.2, -0.15) is 0 Å². The summed E-state index contributed by atoms with van der Waals surface area (Å²) < 4.78 is 33.4. The summed E-state index contributed by atoms with van der Waals surface area (Å²) in [5, 5.41) is 19.4. The Hall–Kier alpha value is -3.95. The number of ether oxygens (including phenoxy) is 1. The molecule has 0 amide bonds. The molecule has 0 unspecified atom stereocenters. The van der Waals surface area contributed by atoms with E-state index in [2.05, 4.69) is 20.5 Å². The minimum absolute atomic E-state index is 0.0601. The molecule has 0 aliphatic heterocycles. The van der Waals surface area contributed by atoms with Gasteiger partial charge in [-0.3, -0.25) is 4.79 Å². The number of esters is 1. The number of nitrogens with zero attached hydrogens (tertiary/aromatic N) is 3. The number of pyridine rings is 1. The van der Waals surface area contributed by atoms with Crippen LogP contribution in [0.1, 0.15) is 36.8 Å². The van der Waals surface area contributed by atoms with Gasteiger partial charge in [-0.1, -0.05) is 12.1 Å². The second-order valence-corrected chi connectivity index (χ2v) is 7.30. The van der Waals surface area contributed by atoms with E-state index in [9.17, 15) is 23.5 Å². The Morgan fingerprint density at radius 2 is 1.81 bits per heavy atom. The van der Waals surface area contributed by atoms with Gasteiger partial charge in [-0.05, 0) is 50.6 Å². The summed E-state index contributed by atoms with van der Waals surface area (Å²) in [5.74, 6) is -3.30. The molecule has 0 fully saturated rings. The van der Waals surface area contributed by atoms with E-state index >= 15 is 0 Å². The summed E-state index contributed by atoms with van der Waals surface area (Å²) >= 11 is 0. The summed E-state index contributed by atoms with van der Waals surface area (Å²) in [4.78, 5) is 27.9. The van der Waals surface area contributed by atoms with Gasteiger partial charge in [0, 0.05) is 6.20 Å². The monoisotopic (exact) mass is 442 g/mol. The number of rotatable bonds is 7. The fourth-order valence-electron chi connectivity index (χ4n) is 2.91. The van der Waals surface area contributed by atoms with E-state index in [1.807, 2.05) is 0 Å². The quantitative estimate of drug-likeness (QED) is 0.526. The predicted molar refractivity (Wildman–Crippen MR) is 112 cm³/mol. The molecule has 0 bridgehead atoms. The molecule has 1 aromatic carbocycles. The van der Waals surface area contributed by atoms with Gasteiger partial charge >= 0.3 is 11.9 Å². The number of aromatic nitrogens is 3. The van der Waals surface area contributed by atoms with Gasteiger partial charge in [0.1, 0.15) is 23.1 Å². The number of nitrogens with one attached hydrogen (secondary N) is 1. The largest absolute Gasteiger partial charge is 0.476 e. The number of hydrogen-bond donors (Lipinski definition) is 2. The lowest BCUT2D eigenvalue weighted by molar-refractivity contribution is -0.148. The van der Waals surface area contributed by atoms with Crippen molar-refractivity contribution in [2.24, 2.45) is 0 Å². The van der Waals surface area contributed by atoms with Gasteiger partial charge in [0.15, 0.2) is 5.69 Å². The third kappa shape index (κ3) is 4.53. The van der Waals surface area contributed by atoms with Gasteiger partial charge in [0.25, 0.3) is 0 Å². The molecule has 2 aromatic heterocycles. The molecular weight excluding hydrogens is 422 g/mol. The molecule has 166 valence electrons. The highest BCUT2D eigenvalue weighted by Gasteiger charge is 2.31. The van der Waals surface area contributed by atoms with Crippen molar-refractivity contribution < 1.29 is 28.2 Å². The standard InChI is InChI=1S/C22H20F2N4O4/c1-4-32-21(31)22(2,3)12-8-9-17(25-11-12)26-16-10-15(27-28-19(16)20(29)30)18-13(23)6-5-7-14(18)24/h5-11H,4H2,1-3H3,(H,29,30)(H,25,26,27). The van der Waals surface area contributed by atoms with Crippen LogP contribution in [-0.2, 0) is 14.9 Å². The van der Waals surface area contributed by atoms with E-state index in [0.717, 1.165) is 12.1 Å². The smallest absolute Gasteiger partial charge is 0.358 e. The zero-order valence-electron chi connectivity index (χ0n) is 17.5. The Balaban J connectivity index is 1.96. The molecule has 0 saturated carbocycles. The molecule has 2 heterocycles. The molecule has 3 rings (SSSR count). The van der Waals surface area contributed by atoms with Crippen LogP contribution >= 0.6 is 0 Å². The number of aromatic carboxylic acids is 1. The molecule has 0 atom stereocenters. The first-order valence-electron chi connectivity index (χ1n) is 9.61. The SMILES string of the molecule is CCOC(=O)C(C)(C)c1ccc(Nc2cc(-c3c(F)cccc3F)nnc2C(=O)O)nc1. The maximum Gasteiger partial charge on any atom is 0.358 e. The van der Waals surface area contributed by atoms with Crippen LogP contribution in [0.4, 0.5) is 20.3 Å². The van der Waals surface area contributed by atoms with Gasteiger partial charge in [0.2, 0.25) is 0 Å². The van der Waals surface area contributed by atoms with Crippen LogP contribution in [0, 0.1) is 11.6 Å². The van der Waals surface area contributed by atoms with Crippen LogP contribution in [0.25, 0.3) is 11.3 Å². The van der Waals surface area contributed by atoms with Crippen LogP contribution < -0.4 is 5.32 Å². The lowest BCUT2D eigenvalue weighted by Crippen LogP contribution is -2.31. The minimum Gasteiger partial charge on any atom is -0.476 e. The normalized spacial score (nSPS) is 11.2. The molecule has 3 aromatic rings. The topological polar surface area (TPSA) is 114 Å². The number of carbonyl (C=O) groups is 2. The highest BCUT2D eigenvalue weighted by molar-refractivity contribution is 5.93.